The van der Waals surface area contributed by atoms with Crippen molar-refractivity contribution in [1.82, 2.24) is 19.9 Å². The average molecular weight is 1300 g/mol. The molecular weight excluding hydrogens is 1200 g/mol. The van der Waals surface area contributed by atoms with Gasteiger partial charge in [0.2, 0.25) is 22.9 Å². The number of fused-ring (bicyclic) bond motifs is 12. The minimum atomic E-state index is -2.13. The molecule has 4 aliphatic heterocycles. The quantitative estimate of drug-likeness (QED) is 0.123. The van der Waals surface area contributed by atoms with Crippen LogP contribution in [-0.4, -0.2) is 75.5 Å². The number of rotatable bonds is 4. The van der Waals surface area contributed by atoms with E-state index >= 15 is 0 Å². The molecular formula is C77H86B4N12O4+4. The lowest BCUT2D eigenvalue weighted by Crippen LogP contribution is -2.62. The van der Waals surface area contributed by atoms with Crippen LogP contribution in [0, 0.1) is 62.1 Å². The molecule has 0 unspecified atom stereocenters. The van der Waals surface area contributed by atoms with Crippen molar-refractivity contribution in [1.29, 1.82) is 0 Å². The Hall–Kier alpha value is -10.2. The minimum absolute atomic E-state index is 0.0183. The van der Waals surface area contributed by atoms with Gasteiger partial charge in [0.15, 0.2) is 70.3 Å². The summed E-state index contributed by atoms with van der Waals surface area (Å²) < 4.78 is 101. The lowest BCUT2D eigenvalue weighted by atomic mass is 9.49. The van der Waals surface area contributed by atoms with Gasteiger partial charge in [-0.05, 0) is 220 Å². The van der Waals surface area contributed by atoms with Gasteiger partial charge in [-0.1, -0.05) is 28.0 Å². The van der Waals surface area contributed by atoms with Crippen molar-refractivity contribution in [3.05, 3.63) is 211 Å². The van der Waals surface area contributed by atoms with Crippen molar-refractivity contribution in [3.63, 3.8) is 0 Å². The summed E-state index contributed by atoms with van der Waals surface area (Å²) in [6.45, 7) is 13.9. The molecule has 0 N–H and O–H groups in total. The van der Waals surface area contributed by atoms with E-state index in [0.29, 0.717) is 39.5 Å². The van der Waals surface area contributed by atoms with Crippen LogP contribution in [-0.2, 0) is 28.2 Å². The Labute approximate surface area is 583 Å². The Kier molecular flexibility index (Phi) is 14.4. The second-order valence-electron chi connectivity index (χ2n) is 26.6. The van der Waals surface area contributed by atoms with Gasteiger partial charge in [-0.25, -0.2) is 38.2 Å². The van der Waals surface area contributed by atoms with Crippen LogP contribution in [0.2, 0.25) is 0 Å². The number of allylic oxidation sites excluding steroid dienone is 4. The van der Waals surface area contributed by atoms with Gasteiger partial charge < -0.3 is 36.9 Å². The molecule has 0 amide bonds. The molecule has 0 radical (unpaired) electrons. The molecule has 486 valence electrons. The third kappa shape index (κ3) is 11.9. The highest BCUT2D eigenvalue weighted by molar-refractivity contribution is 6.84. The molecule has 0 aliphatic carbocycles. The third-order valence-corrected chi connectivity index (χ3v) is 19.2. The molecule has 16 heterocycles. The topological polar surface area (TPSA) is 133 Å². The maximum Gasteiger partial charge on any atom is 0.401 e. The van der Waals surface area contributed by atoms with E-state index in [0.717, 1.165) is 129 Å². The van der Waals surface area contributed by atoms with Gasteiger partial charge in [0, 0.05) is 81.0 Å². The number of hydrogen-bond acceptors (Lipinski definition) is 12. The zero-order valence-corrected chi connectivity index (χ0v) is 58.6. The van der Waals surface area contributed by atoms with Crippen LogP contribution in [0.15, 0.2) is 155 Å². The zero-order valence-electron chi connectivity index (χ0n) is 67.6. The molecule has 0 aromatic carbocycles. The van der Waals surface area contributed by atoms with E-state index < -0.39 is 20.6 Å². The summed E-state index contributed by atoms with van der Waals surface area (Å²) in [5.74, 6) is 3.29. The number of pyridine rings is 8. The second kappa shape index (κ2) is 25.4. The molecule has 4 aliphatic rings. The Morgan fingerprint density at radius 3 is 1.16 bits per heavy atom. The van der Waals surface area contributed by atoms with Crippen molar-refractivity contribution in [2.75, 3.05) is 47.4 Å². The van der Waals surface area contributed by atoms with E-state index in [-0.39, 0.29) is 27.4 Å². The Balaban J connectivity index is 0.000000125. The first-order chi connectivity index (χ1) is 49.9. The van der Waals surface area contributed by atoms with E-state index in [1.54, 1.807) is 30.7 Å². The van der Waals surface area contributed by atoms with Gasteiger partial charge in [-0.15, -0.1) is 0 Å². The van der Waals surface area contributed by atoms with Crippen LogP contribution < -0.4 is 59.9 Å². The highest BCUT2D eigenvalue weighted by atomic mass is 16.4. The predicted molar refractivity (Wildman–Crippen MR) is 399 cm³/mol. The molecule has 0 saturated heterocycles. The fraction of sp³-hybridized carbons (Fsp3) is 0.273. The van der Waals surface area contributed by atoms with E-state index in [1.165, 1.54) is 16.6 Å². The fourth-order valence-corrected chi connectivity index (χ4v) is 14.5. The van der Waals surface area contributed by atoms with Crippen LogP contribution >= 0.6 is 0 Å². The van der Waals surface area contributed by atoms with Crippen LogP contribution in [0.4, 0.5) is 22.9 Å². The summed E-state index contributed by atoms with van der Waals surface area (Å²) in [4.78, 5) is 26.8. The molecule has 0 saturated carbocycles. The SMILES string of the molecule is CC1=Cc2oc3nc(C)ccc3c2N(C)B1c1cc(C)cc[n+]1C.[2H]C([2H])([2H])c1c[n+](C)c(B2C(C)=Cc3c(oc4nc(C)ccc34)N2C)cc1C.[2H]C([2H])([2H])c1ccc(B2C(C)=Cc3oc4nc(C)ccc4c3N2C)[n+](C)c1.[2H]C([2H])([2H])c1ccc(B2C(C)=Cc3oc4nc(C)ccc4c3N2C)[n+](C)c1. The number of nitrogens with zero attached hydrogens (tertiary/aromatic N) is 12. The summed E-state index contributed by atoms with van der Waals surface area (Å²) in [6, 6.07) is 29.8. The zero-order chi connectivity index (χ0) is 76.4. The van der Waals surface area contributed by atoms with Crippen molar-refractivity contribution < 1.29 is 48.3 Å². The number of furan rings is 4. The average Bonchev–Trinajstić information content (AvgIpc) is 1.56. The molecule has 20 heteroatoms. The van der Waals surface area contributed by atoms with Crippen LogP contribution in [0.3, 0.4) is 0 Å². The molecule has 0 fully saturated rings. The molecule has 0 spiro atoms. The monoisotopic (exact) mass is 1300 g/mol. The fourth-order valence-electron chi connectivity index (χ4n) is 14.5. The van der Waals surface area contributed by atoms with Crippen LogP contribution in [0.1, 0.15) is 113 Å². The number of aryl methyl sites for hydroxylation is 13. The second-order valence-corrected chi connectivity index (χ2v) is 26.6. The van der Waals surface area contributed by atoms with Gasteiger partial charge in [-0.3, -0.25) is 0 Å². The predicted octanol–water partition coefficient (Wildman–Crippen LogP) is 10.5. The third-order valence-electron chi connectivity index (χ3n) is 19.2. The first kappa shape index (κ1) is 55.0. The number of hydrogen-bond donors (Lipinski definition) is 0. The Morgan fingerprint density at radius 1 is 0.361 bits per heavy atom. The molecule has 12 aromatic rings. The van der Waals surface area contributed by atoms with Gasteiger partial charge >= 0.3 is 27.4 Å². The van der Waals surface area contributed by atoms with E-state index in [2.05, 4.69) is 141 Å². The highest BCUT2D eigenvalue weighted by Crippen LogP contribution is 2.42. The minimum Gasteiger partial charge on any atom is -0.436 e. The van der Waals surface area contributed by atoms with E-state index in [4.69, 9.17) is 30.0 Å². The Bertz CT molecular complexity index is 5500. The van der Waals surface area contributed by atoms with E-state index in [9.17, 15) is 0 Å². The smallest absolute Gasteiger partial charge is 0.401 e. The lowest BCUT2D eigenvalue weighted by Gasteiger charge is -2.29. The normalized spacial score (nSPS) is 15.9. The lowest BCUT2D eigenvalue weighted by molar-refractivity contribution is -0.654. The molecule has 97 heavy (non-hydrogen) atoms. The largest absolute Gasteiger partial charge is 0.436 e. The molecule has 16 rings (SSSR count). The van der Waals surface area contributed by atoms with Crippen molar-refractivity contribution in [3.8, 4) is 0 Å². The van der Waals surface area contributed by atoms with Gasteiger partial charge in [-0.2, -0.15) is 0 Å². The Morgan fingerprint density at radius 2 is 0.742 bits per heavy atom. The summed E-state index contributed by atoms with van der Waals surface area (Å²) in [5, 5.41) is 4.04. The van der Waals surface area contributed by atoms with Gasteiger partial charge in [0.1, 0.15) is 28.2 Å². The summed E-state index contributed by atoms with van der Waals surface area (Å²) in [7, 11) is 16.0. The van der Waals surface area contributed by atoms with Crippen LogP contribution in [0.5, 0.6) is 0 Å². The van der Waals surface area contributed by atoms with Crippen molar-refractivity contribution in [2.24, 2.45) is 28.2 Å². The standard InChI is InChI=1S/C20H23BN3O.3C19H21BN3O/c1-12-9-18(23(5)11-13(12)2)21-14(3)10-17-16-8-7-15(4)22-19(16)25-20(17)24(21)6;2*1-12-6-9-17(22(4)11-12)20-13(2)10-16-18(23(20)5)15-8-7-14(3)21-19(15)24-16;1-12-8-9-22(4)17(10-12)20-13(2)11-16-18(23(20)5)15-7-6-14(3)21-19(15)24-16/h7-11H,1-6H3;3*6-11H,1-5H3/q4*+1/i2D3;2*1D3;. The first-order valence-corrected chi connectivity index (χ1v) is 32.6. The van der Waals surface area contributed by atoms with Crippen molar-refractivity contribution in [2.45, 2.75) is 89.8 Å². The summed E-state index contributed by atoms with van der Waals surface area (Å²) in [6.07, 6.45) is 15.6. The maximum absolute atomic E-state index is 7.76. The van der Waals surface area contributed by atoms with Crippen molar-refractivity contribution >= 4 is 141 Å². The van der Waals surface area contributed by atoms with E-state index in [1.807, 2.05) is 151 Å². The van der Waals surface area contributed by atoms with Gasteiger partial charge in [0.05, 0.1) is 33.2 Å². The molecule has 16 nitrogen and oxygen atoms in total. The molecule has 0 atom stereocenters. The molecule has 12 aromatic heterocycles. The first-order valence-electron chi connectivity index (χ1n) is 37.1. The summed E-state index contributed by atoms with van der Waals surface area (Å²) in [5.41, 5.74) is 22.6. The summed E-state index contributed by atoms with van der Waals surface area (Å²) >= 11 is 0. The number of anilines is 4. The van der Waals surface area contributed by atoms with Gasteiger partial charge in [0.25, 0.3) is 0 Å². The number of aromatic nitrogens is 8. The maximum atomic E-state index is 7.76. The highest BCUT2D eigenvalue weighted by Gasteiger charge is 2.43. The van der Waals surface area contributed by atoms with Crippen LogP contribution in [0.25, 0.3) is 68.7 Å². The molecule has 0 bridgehead atoms.